The molecule has 2 heterocycles. The van der Waals surface area contributed by atoms with Crippen molar-refractivity contribution in [2.24, 2.45) is 0 Å². The van der Waals surface area contributed by atoms with Crippen LogP contribution in [0.15, 0.2) is 17.8 Å². The largest absolute Gasteiger partial charge is 0.476 e. The highest BCUT2D eigenvalue weighted by Crippen LogP contribution is 2.13. The Balaban J connectivity index is 2.02. The molecule has 88 valence electrons. The lowest BCUT2D eigenvalue weighted by molar-refractivity contribution is 0.0691. The summed E-state index contributed by atoms with van der Waals surface area (Å²) in [5, 5.41) is 14.0. The van der Waals surface area contributed by atoms with E-state index in [0.29, 0.717) is 17.4 Å². The van der Waals surface area contributed by atoms with Gasteiger partial charge < -0.3 is 10.4 Å². The highest BCUT2D eigenvalue weighted by Gasteiger charge is 2.08. The van der Waals surface area contributed by atoms with Crippen molar-refractivity contribution in [3.05, 3.63) is 34.2 Å². The molecule has 2 N–H and O–H groups in total. The van der Waals surface area contributed by atoms with Gasteiger partial charge in [0.25, 0.3) is 0 Å². The Morgan fingerprint density at radius 3 is 2.88 bits per heavy atom. The van der Waals surface area contributed by atoms with Crippen LogP contribution < -0.4 is 5.32 Å². The zero-order valence-electron chi connectivity index (χ0n) is 9.04. The minimum atomic E-state index is -1.01. The van der Waals surface area contributed by atoms with E-state index in [2.05, 4.69) is 20.3 Å². The van der Waals surface area contributed by atoms with Crippen LogP contribution >= 0.6 is 11.3 Å². The average molecular weight is 250 g/mol. The van der Waals surface area contributed by atoms with Crippen molar-refractivity contribution >= 4 is 23.1 Å². The molecule has 2 rings (SSSR count). The van der Waals surface area contributed by atoms with Crippen molar-refractivity contribution in [1.29, 1.82) is 0 Å². The zero-order valence-corrected chi connectivity index (χ0v) is 9.86. The Bertz CT molecular complexity index is 541. The highest BCUT2D eigenvalue weighted by atomic mass is 32.1. The minimum absolute atomic E-state index is 0.0719. The first-order chi connectivity index (χ1) is 8.16. The van der Waals surface area contributed by atoms with Gasteiger partial charge in [0, 0.05) is 17.8 Å². The maximum atomic E-state index is 10.6. The van der Waals surface area contributed by atoms with E-state index in [1.165, 1.54) is 16.7 Å². The van der Waals surface area contributed by atoms with E-state index in [-0.39, 0.29) is 5.69 Å². The number of aryl methyl sites for hydroxylation is 1. The molecule has 0 unspecified atom stereocenters. The third kappa shape index (κ3) is 2.76. The van der Waals surface area contributed by atoms with E-state index < -0.39 is 5.97 Å². The molecule has 0 spiro atoms. The number of hydrogen-bond donors (Lipinski definition) is 2. The van der Waals surface area contributed by atoms with E-state index >= 15 is 0 Å². The van der Waals surface area contributed by atoms with Gasteiger partial charge in [0.2, 0.25) is 0 Å². The fraction of sp³-hybridized carbons (Fsp3) is 0.200. The molecule has 17 heavy (non-hydrogen) atoms. The van der Waals surface area contributed by atoms with Gasteiger partial charge in [-0.15, -0.1) is 11.3 Å². The summed E-state index contributed by atoms with van der Waals surface area (Å²) in [6, 6.07) is 0. The number of carboxylic acid groups (broad SMARTS) is 1. The Morgan fingerprint density at radius 2 is 2.24 bits per heavy atom. The summed E-state index contributed by atoms with van der Waals surface area (Å²) in [6.07, 6.45) is 3.21. The van der Waals surface area contributed by atoms with Crippen molar-refractivity contribution in [1.82, 2.24) is 15.0 Å². The summed E-state index contributed by atoms with van der Waals surface area (Å²) >= 11 is 1.30. The molecule has 0 aliphatic rings. The van der Waals surface area contributed by atoms with E-state index in [1.807, 2.05) is 6.92 Å². The average Bonchev–Trinajstić information content (AvgIpc) is 2.77. The predicted molar refractivity (Wildman–Crippen MR) is 63.2 cm³/mol. The van der Waals surface area contributed by atoms with Gasteiger partial charge in [-0.1, -0.05) is 0 Å². The SMILES string of the molecule is Cc1nccnc1NCc1nc(C(=O)O)cs1. The van der Waals surface area contributed by atoms with Crippen LogP contribution in [0.3, 0.4) is 0 Å². The van der Waals surface area contributed by atoms with E-state index in [4.69, 9.17) is 5.11 Å². The zero-order chi connectivity index (χ0) is 12.3. The fourth-order valence-corrected chi connectivity index (χ4v) is 1.94. The molecular formula is C10H10N4O2S. The third-order valence-electron chi connectivity index (χ3n) is 2.06. The number of anilines is 1. The predicted octanol–water partition coefficient (Wildman–Crippen LogP) is 1.55. The highest BCUT2D eigenvalue weighted by molar-refractivity contribution is 7.09. The molecular weight excluding hydrogens is 240 g/mol. The van der Waals surface area contributed by atoms with Crippen LogP contribution in [0.5, 0.6) is 0 Å². The summed E-state index contributed by atoms with van der Waals surface area (Å²) in [6.45, 7) is 2.29. The van der Waals surface area contributed by atoms with Gasteiger partial charge in [-0.2, -0.15) is 0 Å². The van der Waals surface area contributed by atoms with E-state index in [1.54, 1.807) is 12.4 Å². The van der Waals surface area contributed by atoms with Crippen LogP contribution in [-0.4, -0.2) is 26.0 Å². The van der Waals surface area contributed by atoms with Gasteiger partial charge in [-0.3, -0.25) is 4.98 Å². The smallest absolute Gasteiger partial charge is 0.355 e. The molecule has 0 atom stereocenters. The van der Waals surface area contributed by atoms with Gasteiger partial charge in [-0.05, 0) is 6.92 Å². The summed E-state index contributed by atoms with van der Waals surface area (Å²) in [7, 11) is 0. The molecule has 2 aromatic heterocycles. The molecule has 0 amide bonds. The second-order valence-electron chi connectivity index (χ2n) is 3.28. The van der Waals surface area contributed by atoms with E-state index in [0.717, 1.165) is 5.69 Å². The summed E-state index contributed by atoms with van der Waals surface area (Å²) in [5.74, 6) is -0.331. The minimum Gasteiger partial charge on any atom is -0.476 e. The lowest BCUT2D eigenvalue weighted by Gasteiger charge is -2.04. The molecule has 0 saturated carbocycles. The van der Waals surface area contributed by atoms with Crippen LogP contribution in [-0.2, 0) is 6.54 Å². The first kappa shape index (κ1) is 11.5. The van der Waals surface area contributed by atoms with Crippen LogP contribution in [0, 0.1) is 6.92 Å². The first-order valence-corrected chi connectivity index (χ1v) is 5.74. The Kier molecular flexibility index (Phi) is 3.29. The number of carbonyl (C=O) groups is 1. The standard InChI is InChI=1S/C10H10N4O2S/c1-6-9(12-3-2-11-6)13-4-8-14-7(5-17-8)10(15)16/h2-3,5H,4H2,1H3,(H,12,13)(H,15,16). The quantitative estimate of drug-likeness (QED) is 0.856. The Morgan fingerprint density at radius 1 is 1.47 bits per heavy atom. The second-order valence-corrected chi connectivity index (χ2v) is 4.22. The molecule has 0 saturated heterocycles. The monoisotopic (exact) mass is 250 g/mol. The molecule has 6 nitrogen and oxygen atoms in total. The second kappa shape index (κ2) is 4.88. The van der Waals surface area contributed by atoms with Crippen LogP contribution in [0.1, 0.15) is 21.2 Å². The van der Waals surface area contributed by atoms with Crippen molar-refractivity contribution in [2.45, 2.75) is 13.5 Å². The lowest BCUT2D eigenvalue weighted by atomic mass is 10.4. The topological polar surface area (TPSA) is 88.0 Å². The number of aromatic nitrogens is 3. The number of hydrogen-bond acceptors (Lipinski definition) is 6. The molecule has 0 fully saturated rings. The van der Waals surface area contributed by atoms with Gasteiger partial charge in [0.15, 0.2) is 5.69 Å². The summed E-state index contributed by atoms with van der Waals surface area (Å²) < 4.78 is 0. The number of nitrogens with zero attached hydrogens (tertiary/aromatic N) is 3. The normalized spacial score (nSPS) is 10.2. The van der Waals surface area contributed by atoms with Gasteiger partial charge in [0.1, 0.15) is 10.8 Å². The molecule has 2 aromatic rings. The van der Waals surface area contributed by atoms with Gasteiger partial charge in [0.05, 0.1) is 12.2 Å². The maximum Gasteiger partial charge on any atom is 0.355 e. The van der Waals surface area contributed by atoms with E-state index in [9.17, 15) is 4.79 Å². The number of carboxylic acids is 1. The Hall–Kier alpha value is -2.02. The van der Waals surface area contributed by atoms with Gasteiger partial charge >= 0.3 is 5.97 Å². The molecule has 0 bridgehead atoms. The molecule has 0 aliphatic heterocycles. The lowest BCUT2D eigenvalue weighted by Crippen LogP contribution is -2.04. The van der Waals surface area contributed by atoms with Crippen molar-refractivity contribution < 1.29 is 9.90 Å². The van der Waals surface area contributed by atoms with Crippen molar-refractivity contribution in [3.8, 4) is 0 Å². The van der Waals surface area contributed by atoms with Crippen molar-refractivity contribution in [3.63, 3.8) is 0 Å². The fourth-order valence-electron chi connectivity index (χ4n) is 1.23. The van der Waals surface area contributed by atoms with Crippen LogP contribution in [0.4, 0.5) is 5.82 Å². The number of aromatic carboxylic acids is 1. The number of nitrogens with one attached hydrogen (secondary N) is 1. The Labute approximate surface area is 101 Å². The first-order valence-electron chi connectivity index (χ1n) is 4.86. The van der Waals surface area contributed by atoms with Crippen LogP contribution in [0.25, 0.3) is 0 Å². The maximum absolute atomic E-state index is 10.6. The number of rotatable bonds is 4. The molecule has 7 heteroatoms. The molecule has 0 radical (unpaired) electrons. The third-order valence-corrected chi connectivity index (χ3v) is 2.91. The van der Waals surface area contributed by atoms with Gasteiger partial charge in [-0.25, -0.2) is 14.8 Å². The molecule has 0 aromatic carbocycles. The molecule has 0 aliphatic carbocycles. The summed E-state index contributed by atoms with van der Waals surface area (Å²) in [5.41, 5.74) is 0.866. The van der Waals surface area contributed by atoms with Crippen molar-refractivity contribution in [2.75, 3.05) is 5.32 Å². The number of thiazole rings is 1. The summed E-state index contributed by atoms with van der Waals surface area (Å²) in [4.78, 5) is 22.8. The van der Waals surface area contributed by atoms with Crippen LogP contribution in [0.2, 0.25) is 0 Å².